The van der Waals surface area contributed by atoms with Crippen LogP contribution in [0.4, 0.5) is 32.0 Å². The zero-order chi connectivity index (χ0) is 21.8. The van der Waals surface area contributed by atoms with E-state index >= 15 is 0 Å². The average molecular weight is 436 g/mol. The highest BCUT2D eigenvalue weighted by molar-refractivity contribution is 7.86. The molecule has 14 heteroatoms. The number of nitro benzene ring substituents is 1. The lowest BCUT2D eigenvalue weighted by molar-refractivity contribution is -0.514. The predicted octanol–water partition coefficient (Wildman–Crippen LogP) is 3.00. The monoisotopic (exact) mass is 436 g/mol. The van der Waals surface area contributed by atoms with Gasteiger partial charge in [-0.15, -0.1) is 0 Å². The van der Waals surface area contributed by atoms with Crippen LogP contribution in [0.25, 0.3) is 0 Å². The Balaban J connectivity index is 0.000000416. The highest BCUT2D eigenvalue weighted by Gasteiger charge is 2.44. The van der Waals surface area contributed by atoms with Crippen LogP contribution in [0.1, 0.15) is 18.4 Å². The SMILES string of the molecule is O=S(=O)([O-])C(F)(F)F.O=[N+]([O-])c1ccccc1CC(=[N+]1CCCC1)C(F)(F)F. The first-order valence-electron chi connectivity index (χ1n) is 7.57. The fourth-order valence-electron chi connectivity index (χ4n) is 2.40. The van der Waals surface area contributed by atoms with Gasteiger partial charge >= 0.3 is 11.7 Å². The van der Waals surface area contributed by atoms with Gasteiger partial charge in [0.15, 0.2) is 10.1 Å². The molecule has 0 N–H and O–H groups in total. The molecule has 1 fully saturated rings. The summed E-state index contributed by atoms with van der Waals surface area (Å²) in [6, 6.07) is 5.57. The van der Waals surface area contributed by atoms with Crippen molar-refractivity contribution in [1.29, 1.82) is 0 Å². The van der Waals surface area contributed by atoms with Crippen molar-refractivity contribution in [2.24, 2.45) is 0 Å². The summed E-state index contributed by atoms with van der Waals surface area (Å²) in [5, 5.41) is 10.9. The van der Waals surface area contributed by atoms with E-state index in [0.717, 1.165) is 12.8 Å². The molecule has 7 nitrogen and oxygen atoms in total. The quantitative estimate of drug-likeness (QED) is 0.181. The molecule has 2 rings (SSSR count). The molecule has 1 aromatic carbocycles. The average Bonchev–Trinajstić information content (AvgIpc) is 3.04. The van der Waals surface area contributed by atoms with Crippen molar-refractivity contribution in [3.05, 3.63) is 39.9 Å². The van der Waals surface area contributed by atoms with Crippen molar-refractivity contribution in [2.45, 2.75) is 30.9 Å². The van der Waals surface area contributed by atoms with E-state index in [4.69, 9.17) is 13.0 Å². The molecular weight excluding hydrogens is 422 g/mol. The largest absolute Gasteiger partial charge is 0.741 e. The van der Waals surface area contributed by atoms with Crippen LogP contribution in [0.15, 0.2) is 24.3 Å². The summed E-state index contributed by atoms with van der Waals surface area (Å²) < 4.78 is 99.6. The van der Waals surface area contributed by atoms with Crippen LogP contribution in [0.5, 0.6) is 0 Å². The van der Waals surface area contributed by atoms with Crippen molar-refractivity contribution in [3.8, 4) is 0 Å². The van der Waals surface area contributed by atoms with Crippen molar-refractivity contribution in [1.82, 2.24) is 0 Å². The Kier molecular flexibility index (Phi) is 7.53. The second-order valence-corrected chi connectivity index (χ2v) is 6.97. The standard InChI is InChI=1S/C13H14F3N2O2.CHF3O3S/c14-13(15,16)12(17-7-3-4-8-17)9-10-5-1-2-6-11(10)18(19)20;2-1(3,4)8(5,6)7/h1-2,5-6H,3-4,7-9H2;(H,5,6,7)/q+1;/p-1. The second kappa shape index (κ2) is 8.86. The van der Waals surface area contributed by atoms with Crippen LogP contribution < -0.4 is 0 Å². The first-order chi connectivity index (χ1) is 12.6. The van der Waals surface area contributed by atoms with E-state index in [1.54, 1.807) is 0 Å². The van der Waals surface area contributed by atoms with Crippen LogP contribution in [0, 0.1) is 10.1 Å². The molecule has 158 valence electrons. The minimum absolute atomic E-state index is 0.0942. The van der Waals surface area contributed by atoms with Gasteiger partial charge in [-0.2, -0.15) is 26.3 Å². The van der Waals surface area contributed by atoms with Crippen LogP contribution in [-0.2, 0) is 16.5 Å². The Morgan fingerprint density at radius 3 is 1.93 bits per heavy atom. The van der Waals surface area contributed by atoms with E-state index in [1.807, 2.05) is 0 Å². The molecule has 1 aliphatic rings. The van der Waals surface area contributed by atoms with Crippen LogP contribution >= 0.6 is 0 Å². The third-order valence-electron chi connectivity index (χ3n) is 3.64. The Hall–Kier alpha value is -2.22. The maximum absolute atomic E-state index is 13.1. The molecule has 0 unspecified atom stereocenters. The number of nitrogens with zero attached hydrogens (tertiary/aromatic N) is 2. The van der Waals surface area contributed by atoms with Gasteiger partial charge < -0.3 is 4.55 Å². The first kappa shape index (κ1) is 23.8. The van der Waals surface area contributed by atoms with Gasteiger partial charge in [0, 0.05) is 24.5 Å². The normalized spacial score (nSPS) is 15.0. The fourth-order valence-corrected chi connectivity index (χ4v) is 2.40. The van der Waals surface area contributed by atoms with Crippen LogP contribution in [0.2, 0.25) is 0 Å². The number of nitro groups is 1. The summed E-state index contributed by atoms with van der Waals surface area (Å²) in [6.07, 6.45) is -3.48. The number of alkyl halides is 6. The highest BCUT2D eigenvalue weighted by Crippen LogP contribution is 2.26. The molecule has 0 aromatic heterocycles. The molecule has 28 heavy (non-hydrogen) atoms. The van der Waals surface area contributed by atoms with Gasteiger partial charge in [-0.3, -0.25) is 10.1 Å². The maximum atomic E-state index is 13.1. The summed E-state index contributed by atoms with van der Waals surface area (Å²) in [4.78, 5) is 10.2. The lowest BCUT2D eigenvalue weighted by Gasteiger charge is -2.10. The molecule has 0 amide bonds. The van der Waals surface area contributed by atoms with Gasteiger partial charge in [-0.05, 0) is 0 Å². The Labute approximate surface area is 155 Å². The van der Waals surface area contributed by atoms with Crippen molar-refractivity contribution >= 4 is 21.5 Å². The number of rotatable bonds is 3. The van der Waals surface area contributed by atoms with Gasteiger partial charge in [-0.1, -0.05) is 18.2 Å². The Morgan fingerprint density at radius 2 is 1.54 bits per heavy atom. The molecule has 1 heterocycles. The van der Waals surface area contributed by atoms with Gasteiger partial charge in [0.25, 0.3) is 11.4 Å². The topological polar surface area (TPSA) is 103 Å². The molecule has 0 radical (unpaired) electrons. The minimum atomic E-state index is -6.09. The molecule has 0 aliphatic carbocycles. The summed E-state index contributed by atoms with van der Waals surface area (Å²) in [6.45, 7) is 0.713. The number of hydrogen-bond acceptors (Lipinski definition) is 5. The number of hydrogen-bond donors (Lipinski definition) is 0. The second-order valence-electron chi connectivity index (χ2n) is 5.60. The molecule has 0 saturated carbocycles. The Morgan fingerprint density at radius 1 is 1.07 bits per heavy atom. The maximum Gasteiger partial charge on any atom is 0.485 e. The summed E-state index contributed by atoms with van der Waals surface area (Å²) in [7, 11) is -6.09. The van der Waals surface area contributed by atoms with Crippen LogP contribution in [0.3, 0.4) is 0 Å². The number of para-hydroxylation sites is 1. The molecule has 1 aromatic rings. The van der Waals surface area contributed by atoms with E-state index in [2.05, 4.69) is 0 Å². The molecule has 1 aliphatic heterocycles. The van der Waals surface area contributed by atoms with E-state index in [0.29, 0.717) is 13.1 Å². The van der Waals surface area contributed by atoms with E-state index < -0.39 is 38.9 Å². The van der Waals surface area contributed by atoms with E-state index in [1.165, 1.54) is 28.8 Å². The van der Waals surface area contributed by atoms with Gasteiger partial charge in [-0.25, -0.2) is 13.0 Å². The summed E-state index contributed by atoms with van der Waals surface area (Å²) in [5.74, 6) is 0. The van der Waals surface area contributed by atoms with Gasteiger partial charge in [0.2, 0.25) is 0 Å². The molecule has 0 bridgehead atoms. The van der Waals surface area contributed by atoms with Crippen molar-refractivity contribution < 1.29 is 48.8 Å². The number of halogens is 6. The van der Waals surface area contributed by atoms with Gasteiger partial charge in [0.05, 0.1) is 11.3 Å². The van der Waals surface area contributed by atoms with Crippen LogP contribution in [-0.4, -0.2) is 53.0 Å². The third-order valence-corrected chi connectivity index (χ3v) is 4.21. The predicted molar refractivity (Wildman–Crippen MR) is 82.8 cm³/mol. The Bertz CT molecular complexity index is 841. The fraction of sp³-hybridized carbons (Fsp3) is 0.500. The first-order valence-corrected chi connectivity index (χ1v) is 8.98. The van der Waals surface area contributed by atoms with Crippen molar-refractivity contribution in [3.63, 3.8) is 0 Å². The lowest BCUT2D eigenvalue weighted by atomic mass is 10.1. The summed E-state index contributed by atoms with van der Waals surface area (Å²) >= 11 is 0. The van der Waals surface area contributed by atoms with Crippen molar-refractivity contribution in [2.75, 3.05) is 13.1 Å². The zero-order valence-corrected chi connectivity index (χ0v) is 14.8. The molecule has 0 atom stereocenters. The third kappa shape index (κ3) is 6.74. The smallest absolute Gasteiger partial charge is 0.485 e. The van der Waals surface area contributed by atoms with E-state index in [9.17, 15) is 36.5 Å². The summed E-state index contributed by atoms with van der Waals surface area (Å²) in [5.41, 5.74) is -6.51. The van der Waals surface area contributed by atoms with E-state index in [-0.39, 0.29) is 11.3 Å². The number of benzene rings is 1. The molecule has 0 spiro atoms. The highest BCUT2D eigenvalue weighted by atomic mass is 32.2. The molecule has 1 saturated heterocycles. The lowest BCUT2D eigenvalue weighted by Crippen LogP contribution is -2.34. The molecular formula is C14H14F6N2O5S. The minimum Gasteiger partial charge on any atom is -0.741 e. The zero-order valence-electron chi connectivity index (χ0n) is 14.0. The van der Waals surface area contributed by atoms with Gasteiger partial charge in [0.1, 0.15) is 13.1 Å².